The van der Waals surface area contributed by atoms with Gasteiger partial charge < -0.3 is 0 Å². The molecule has 0 amide bonds. The van der Waals surface area contributed by atoms with Crippen molar-refractivity contribution in [2.75, 3.05) is 5.75 Å². The molecule has 0 atom stereocenters. The summed E-state index contributed by atoms with van der Waals surface area (Å²) in [5.74, 6) is 4.53. The fraction of sp³-hybridized carbons (Fsp3) is 0.706. The summed E-state index contributed by atoms with van der Waals surface area (Å²) in [6, 6.07) is 6.24. The van der Waals surface area contributed by atoms with Crippen LogP contribution in [-0.4, -0.2) is 10.7 Å². The lowest BCUT2D eigenvalue weighted by Gasteiger charge is -2.57. The van der Waals surface area contributed by atoms with Gasteiger partial charge in [-0.25, -0.2) is 4.98 Å². The molecule has 5 rings (SSSR count). The average molecular weight is 273 g/mol. The third kappa shape index (κ3) is 2.44. The Morgan fingerprint density at radius 1 is 1.05 bits per heavy atom. The highest BCUT2D eigenvalue weighted by molar-refractivity contribution is 7.99. The lowest BCUT2D eigenvalue weighted by atomic mass is 9.49. The third-order valence-electron chi connectivity index (χ3n) is 5.69. The van der Waals surface area contributed by atoms with Gasteiger partial charge in [-0.05, 0) is 80.2 Å². The fourth-order valence-corrected chi connectivity index (χ4v) is 6.46. The molecule has 4 bridgehead atoms. The molecule has 0 saturated heterocycles. The smallest absolute Gasteiger partial charge is 0.0959 e. The van der Waals surface area contributed by atoms with Crippen LogP contribution in [0, 0.1) is 23.2 Å². The fourth-order valence-electron chi connectivity index (χ4n) is 5.40. The van der Waals surface area contributed by atoms with Crippen molar-refractivity contribution in [3.63, 3.8) is 0 Å². The Kier molecular flexibility index (Phi) is 3.10. The molecule has 1 aromatic heterocycles. The Bertz CT molecular complexity index is 407. The highest BCUT2D eigenvalue weighted by Crippen LogP contribution is 2.61. The monoisotopic (exact) mass is 273 g/mol. The molecule has 4 saturated carbocycles. The van der Waals surface area contributed by atoms with E-state index in [0.717, 1.165) is 23.2 Å². The number of hydrogen-bond acceptors (Lipinski definition) is 2. The van der Waals surface area contributed by atoms with Gasteiger partial charge in [0.15, 0.2) is 0 Å². The van der Waals surface area contributed by atoms with Crippen molar-refractivity contribution in [3.8, 4) is 0 Å². The van der Waals surface area contributed by atoms with E-state index in [4.69, 9.17) is 0 Å². The van der Waals surface area contributed by atoms with Crippen LogP contribution in [0.25, 0.3) is 0 Å². The van der Waals surface area contributed by atoms with Gasteiger partial charge in [0.05, 0.1) is 5.03 Å². The van der Waals surface area contributed by atoms with Gasteiger partial charge >= 0.3 is 0 Å². The Labute approximate surface area is 120 Å². The second-order valence-electron chi connectivity index (χ2n) is 7.18. The zero-order valence-corrected chi connectivity index (χ0v) is 12.4. The van der Waals surface area contributed by atoms with Crippen LogP contribution >= 0.6 is 11.8 Å². The maximum Gasteiger partial charge on any atom is 0.0959 e. The third-order valence-corrected chi connectivity index (χ3v) is 6.63. The van der Waals surface area contributed by atoms with E-state index in [1.807, 2.05) is 24.0 Å². The van der Waals surface area contributed by atoms with Gasteiger partial charge in [-0.3, -0.25) is 0 Å². The molecule has 0 N–H and O–H groups in total. The maximum absolute atomic E-state index is 4.43. The zero-order valence-electron chi connectivity index (χ0n) is 11.6. The van der Waals surface area contributed by atoms with Crippen molar-refractivity contribution in [1.29, 1.82) is 0 Å². The maximum atomic E-state index is 4.43. The minimum absolute atomic E-state index is 0.733. The summed E-state index contributed by atoms with van der Waals surface area (Å²) < 4.78 is 0. The molecule has 1 heterocycles. The number of rotatable bonds is 4. The topological polar surface area (TPSA) is 12.9 Å². The lowest BCUT2D eigenvalue weighted by molar-refractivity contribution is -0.0538. The Morgan fingerprint density at radius 3 is 2.32 bits per heavy atom. The molecule has 0 unspecified atom stereocenters. The molecular formula is C17H23NS. The second kappa shape index (κ2) is 4.80. The summed E-state index contributed by atoms with van der Waals surface area (Å²) in [5.41, 5.74) is 0.733. The van der Waals surface area contributed by atoms with E-state index in [-0.39, 0.29) is 0 Å². The molecule has 1 aromatic rings. The number of thioether (sulfide) groups is 1. The van der Waals surface area contributed by atoms with Gasteiger partial charge in [-0.1, -0.05) is 6.07 Å². The van der Waals surface area contributed by atoms with Crippen molar-refractivity contribution in [2.45, 2.75) is 50.0 Å². The number of hydrogen-bond donors (Lipinski definition) is 0. The predicted octanol–water partition coefficient (Wildman–Crippen LogP) is 4.78. The van der Waals surface area contributed by atoms with Crippen molar-refractivity contribution in [3.05, 3.63) is 24.4 Å². The van der Waals surface area contributed by atoms with Crippen molar-refractivity contribution in [1.82, 2.24) is 4.98 Å². The molecule has 102 valence electrons. The standard InChI is InChI=1S/C17H23NS/c1-2-5-18-16(3-1)19-6-4-17-10-13-7-14(11-17)9-15(8-13)12-17/h1-3,5,13-15H,4,6-12H2. The van der Waals surface area contributed by atoms with Crippen LogP contribution in [0.3, 0.4) is 0 Å². The first kappa shape index (κ1) is 12.3. The van der Waals surface area contributed by atoms with Crippen LogP contribution in [-0.2, 0) is 0 Å². The number of aromatic nitrogens is 1. The molecule has 0 aromatic carbocycles. The average Bonchev–Trinajstić information content (AvgIpc) is 2.38. The van der Waals surface area contributed by atoms with Crippen LogP contribution in [0.5, 0.6) is 0 Å². The lowest BCUT2D eigenvalue weighted by Crippen LogP contribution is -2.46. The van der Waals surface area contributed by atoms with E-state index in [9.17, 15) is 0 Å². The first-order valence-corrected chi connectivity index (χ1v) is 8.84. The summed E-state index contributed by atoms with van der Waals surface area (Å²) in [6.45, 7) is 0. The highest BCUT2D eigenvalue weighted by atomic mass is 32.2. The molecule has 1 nitrogen and oxygen atoms in total. The van der Waals surface area contributed by atoms with Gasteiger partial charge in [0.1, 0.15) is 0 Å². The summed E-state index contributed by atoms with van der Waals surface area (Å²) in [7, 11) is 0. The van der Waals surface area contributed by atoms with E-state index in [2.05, 4.69) is 17.1 Å². The predicted molar refractivity (Wildman–Crippen MR) is 80.2 cm³/mol. The van der Waals surface area contributed by atoms with Crippen LogP contribution in [0.2, 0.25) is 0 Å². The van der Waals surface area contributed by atoms with Gasteiger partial charge in [-0.2, -0.15) is 0 Å². The first-order valence-electron chi connectivity index (χ1n) is 7.85. The summed E-state index contributed by atoms with van der Waals surface area (Å²) >= 11 is 1.96. The van der Waals surface area contributed by atoms with Crippen molar-refractivity contribution in [2.24, 2.45) is 23.2 Å². The Balaban J connectivity index is 1.38. The minimum atomic E-state index is 0.733. The van der Waals surface area contributed by atoms with Gasteiger partial charge in [0.25, 0.3) is 0 Å². The van der Waals surface area contributed by atoms with E-state index >= 15 is 0 Å². The molecule has 4 aliphatic carbocycles. The molecule has 19 heavy (non-hydrogen) atoms. The van der Waals surface area contributed by atoms with Gasteiger partial charge in [-0.15, -0.1) is 11.8 Å². The molecule has 0 aliphatic heterocycles. The van der Waals surface area contributed by atoms with Crippen LogP contribution in [0.4, 0.5) is 0 Å². The number of pyridine rings is 1. The molecular weight excluding hydrogens is 250 g/mol. The first-order chi connectivity index (χ1) is 9.31. The molecule has 4 fully saturated rings. The largest absolute Gasteiger partial charge is 0.250 e. The normalized spacial score (nSPS) is 39.7. The van der Waals surface area contributed by atoms with Gasteiger partial charge in [0.2, 0.25) is 0 Å². The SMILES string of the molecule is c1ccc(SCCC23CC4CC(CC(C4)C2)C3)nc1. The second-order valence-corrected chi connectivity index (χ2v) is 8.30. The van der Waals surface area contributed by atoms with E-state index in [1.165, 1.54) is 17.2 Å². The van der Waals surface area contributed by atoms with E-state index in [0.29, 0.717) is 0 Å². The summed E-state index contributed by atoms with van der Waals surface area (Å²) in [5, 5.41) is 1.20. The zero-order chi connectivity index (χ0) is 12.7. The van der Waals surface area contributed by atoms with Crippen LogP contribution in [0.1, 0.15) is 44.9 Å². The van der Waals surface area contributed by atoms with Crippen molar-refractivity contribution >= 4 is 11.8 Å². The van der Waals surface area contributed by atoms with Crippen LogP contribution in [0.15, 0.2) is 29.4 Å². The highest BCUT2D eigenvalue weighted by Gasteiger charge is 2.50. The number of nitrogens with zero attached hydrogens (tertiary/aromatic N) is 1. The van der Waals surface area contributed by atoms with Crippen LogP contribution < -0.4 is 0 Å². The van der Waals surface area contributed by atoms with Crippen molar-refractivity contribution < 1.29 is 0 Å². The van der Waals surface area contributed by atoms with Gasteiger partial charge in [0, 0.05) is 11.9 Å². The van der Waals surface area contributed by atoms with E-state index < -0.39 is 0 Å². The molecule has 0 radical (unpaired) electrons. The molecule has 0 spiro atoms. The Hall–Kier alpha value is -0.500. The van der Waals surface area contributed by atoms with E-state index in [1.54, 1.807) is 38.5 Å². The summed E-state index contributed by atoms with van der Waals surface area (Å²) in [4.78, 5) is 4.43. The quantitative estimate of drug-likeness (QED) is 0.732. The Morgan fingerprint density at radius 2 is 1.74 bits per heavy atom. The minimum Gasteiger partial charge on any atom is -0.250 e. The summed E-state index contributed by atoms with van der Waals surface area (Å²) in [6.07, 6.45) is 12.7. The molecule has 4 aliphatic rings. The molecule has 2 heteroatoms.